The fourth-order valence-corrected chi connectivity index (χ4v) is 3.69. The second-order valence-corrected chi connectivity index (χ2v) is 7.40. The van der Waals surface area contributed by atoms with Crippen molar-refractivity contribution in [3.05, 3.63) is 40.5 Å². The third-order valence-electron chi connectivity index (χ3n) is 4.91. The molecule has 2 aromatic rings. The number of rotatable bonds is 4. The zero-order chi connectivity index (χ0) is 17.4. The van der Waals surface area contributed by atoms with Crippen LogP contribution in [0.15, 0.2) is 22.7 Å². The maximum atomic E-state index is 11.1. The van der Waals surface area contributed by atoms with Crippen molar-refractivity contribution in [1.82, 2.24) is 10.1 Å². The zero-order valence-corrected chi connectivity index (χ0v) is 14.5. The molecule has 130 valence electrons. The van der Waals surface area contributed by atoms with Crippen molar-refractivity contribution in [2.75, 3.05) is 18.0 Å². The van der Waals surface area contributed by atoms with Gasteiger partial charge in [-0.3, -0.25) is 0 Å². The van der Waals surface area contributed by atoms with Gasteiger partial charge in [0.1, 0.15) is 6.07 Å². The molecule has 1 atom stereocenters. The Morgan fingerprint density at radius 3 is 3.04 bits per heavy atom. The van der Waals surface area contributed by atoms with Crippen LogP contribution in [0.4, 0.5) is 5.69 Å². The summed E-state index contributed by atoms with van der Waals surface area (Å²) in [6, 6.07) is 7.57. The summed E-state index contributed by atoms with van der Waals surface area (Å²) >= 11 is 6.14. The van der Waals surface area contributed by atoms with Gasteiger partial charge in [-0.1, -0.05) is 22.8 Å². The molecule has 7 heteroatoms. The van der Waals surface area contributed by atoms with Crippen molar-refractivity contribution < 1.29 is 9.63 Å². The molecule has 0 bridgehead atoms. The summed E-state index contributed by atoms with van der Waals surface area (Å²) < 4.78 is 5.33. The largest absolute Gasteiger partial charge is 0.388 e. The number of hydrogen-bond acceptors (Lipinski definition) is 6. The maximum Gasteiger partial charge on any atom is 0.229 e. The van der Waals surface area contributed by atoms with Gasteiger partial charge in [0.2, 0.25) is 5.89 Å². The van der Waals surface area contributed by atoms with Crippen molar-refractivity contribution in [1.29, 1.82) is 5.26 Å². The number of β-amino-alcohol motifs (C(OH)–C–C–N with tert-alkyl or cyclic N) is 1. The number of piperidine rings is 1. The molecule has 2 fully saturated rings. The summed E-state index contributed by atoms with van der Waals surface area (Å²) in [4.78, 5) is 6.45. The number of benzene rings is 1. The van der Waals surface area contributed by atoms with Crippen LogP contribution in [-0.4, -0.2) is 33.9 Å². The molecule has 1 saturated carbocycles. The summed E-state index contributed by atoms with van der Waals surface area (Å²) in [5.74, 6) is 1.67. The number of aliphatic hydroxyl groups is 1. The summed E-state index contributed by atoms with van der Waals surface area (Å²) in [5, 5.41) is 24.9. The van der Waals surface area contributed by atoms with E-state index in [1.807, 2.05) is 17.0 Å². The number of aromatic nitrogens is 2. The third kappa shape index (κ3) is 3.35. The first kappa shape index (κ1) is 16.4. The van der Waals surface area contributed by atoms with Crippen LogP contribution in [0.25, 0.3) is 0 Å². The van der Waals surface area contributed by atoms with E-state index in [-0.39, 0.29) is 0 Å². The van der Waals surface area contributed by atoms with E-state index in [0.717, 1.165) is 37.3 Å². The molecule has 1 unspecified atom stereocenters. The van der Waals surface area contributed by atoms with E-state index < -0.39 is 5.60 Å². The Morgan fingerprint density at radius 2 is 2.28 bits per heavy atom. The molecule has 4 rings (SSSR count). The molecule has 0 radical (unpaired) electrons. The monoisotopic (exact) mass is 358 g/mol. The van der Waals surface area contributed by atoms with Crippen LogP contribution in [0, 0.1) is 11.3 Å². The van der Waals surface area contributed by atoms with Crippen molar-refractivity contribution >= 4 is 17.3 Å². The van der Waals surface area contributed by atoms with E-state index in [0.29, 0.717) is 41.8 Å². The SMILES string of the molecule is N#Cc1c(Cl)cccc1N1CCCC(O)(Cc2nc(C3CC3)no2)C1. The topological polar surface area (TPSA) is 86.2 Å². The molecule has 0 amide bonds. The summed E-state index contributed by atoms with van der Waals surface area (Å²) in [6.45, 7) is 1.18. The number of anilines is 1. The Morgan fingerprint density at radius 1 is 1.44 bits per heavy atom. The van der Waals surface area contributed by atoms with Gasteiger partial charge in [0.25, 0.3) is 0 Å². The highest BCUT2D eigenvalue weighted by molar-refractivity contribution is 6.32. The number of halogens is 1. The zero-order valence-electron chi connectivity index (χ0n) is 13.8. The van der Waals surface area contributed by atoms with Crippen molar-refractivity contribution in [2.45, 2.75) is 43.6 Å². The van der Waals surface area contributed by atoms with Crippen LogP contribution in [-0.2, 0) is 6.42 Å². The molecule has 2 heterocycles. The molecule has 1 aromatic carbocycles. The fourth-order valence-electron chi connectivity index (χ4n) is 3.48. The van der Waals surface area contributed by atoms with Gasteiger partial charge in [-0.05, 0) is 37.8 Å². The van der Waals surface area contributed by atoms with Crippen LogP contribution in [0.1, 0.15) is 48.9 Å². The first-order valence-electron chi connectivity index (χ1n) is 8.56. The summed E-state index contributed by atoms with van der Waals surface area (Å²) in [7, 11) is 0. The molecule has 1 aliphatic heterocycles. The van der Waals surface area contributed by atoms with Gasteiger partial charge >= 0.3 is 0 Å². The predicted octanol–water partition coefficient (Wildman–Crippen LogP) is 3.05. The summed E-state index contributed by atoms with van der Waals surface area (Å²) in [6.07, 6.45) is 4.03. The van der Waals surface area contributed by atoms with Gasteiger partial charge in [0.05, 0.1) is 28.3 Å². The first-order valence-corrected chi connectivity index (χ1v) is 8.94. The van der Waals surface area contributed by atoms with E-state index in [2.05, 4.69) is 16.2 Å². The molecule has 1 saturated heterocycles. The lowest BCUT2D eigenvalue weighted by Gasteiger charge is -2.40. The minimum atomic E-state index is -0.958. The molecule has 6 nitrogen and oxygen atoms in total. The number of nitriles is 1. The van der Waals surface area contributed by atoms with Gasteiger partial charge in [-0.15, -0.1) is 0 Å². The molecule has 2 aliphatic rings. The number of nitrogens with zero attached hydrogens (tertiary/aromatic N) is 4. The molecule has 1 N–H and O–H groups in total. The van der Waals surface area contributed by atoms with Gasteiger partial charge in [0, 0.05) is 19.0 Å². The highest BCUT2D eigenvalue weighted by Gasteiger charge is 2.37. The van der Waals surface area contributed by atoms with E-state index in [9.17, 15) is 10.4 Å². The molecule has 1 aromatic heterocycles. The second kappa shape index (κ2) is 6.32. The lowest BCUT2D eigenvalue weighted by molar-refractivity contribution is 0.0193. The van der Waals surface area contributed by atoms with Crippen LogP contribution >= 0.6 is 11.6 Å². The minimum Gasteiger partial charge on any atom is -0.388 e. The predicted molar refractivity (Wildman–Crippen MR) is 92.5 cm³/mol. The van der Waals surface area contributed by atoms with E-state index in [4.69, 9.17) is 16.1 Å². The average Bonchev–Trinajstić information content (AvgIpc) is 3.35. The third-order valence-corrected chi connectivity index (χ3v) is 5.22. The highest BCUT2D eigenvalue weighted by atomic mass is 35.5. The van der Waals surface area contributed by atoms with Gasteiger partial charge < -0.3 is 14.5 Å². The van der Waals surface area contributed by atoms with Crippen LogP contribution < -0.4 is 4.90 Å². The lowest BCUT2D eigenvalue weighted by Crippen LogP contribution is -2.49. The summed E-state index contributed by atoms with van der Waals surface area (Å²) in [5.41, 5.74) is 0.250. The Bertz CT molecular complexity index is 827. The second-order valence-electron chi connectivity index (χ2n) is 6.99. The Balaban J connectivity index is 1.53. The average molecular weight is 359 g/mol. The molecular formula is C18H19ClN4O2. The van der Waals surface area contributed by atoms with Crippen molar-refractivity contribution in [3.63, 3.8) is 0 Å². The smallest absolute Gasteiger partial charge is 0.229 e. The maximum absolute atomic E-state index is 11.1. The van der Waals surface area contributed by atoms with Gasteiger partial charge in [-0.25, -0.2) is 0 Å². The van der Waals surface area contributed by atoms with Gasteiger partial charge in [-0.2, -0.15) is 10.2 Å². The molecule has 0 spiro atoms. The Hall–Kier alpha value is -2.10. The molecular weight excluding hydrogens is 340 g/mol. The van der Waals surface area contributed by atoms with Crippen molar-refractivity contribution in [3.8, 4) is 6.07 Å². The lowest BCUT2D eigenvalue weighted by atomic mass is 9.89. The standard InChI is InChI=1S/C18H19ClN4O2/c19-14-3-1-4-15(13(14)10-20)23-8-2-7-18(24,11-23)9-16-21-17(22-25-16)12-5-6-12/h1,3-4,12,24H,2,5-9,11H2. The van der Waals surface area contributed by atoms with Crippen LogP contribution in [0.3, 0.4) is 0 Å². The van der Waals surface area contributed by atoms with Crippen molar-refractivity contribution in [2.24, 2.45) is 0 Å². The fraction of sp³-hybridized carbons (Fsp3) is 0.500. The van der Waals surface area contributed by atoms with E-state index in [1.165, 1.54) is 0 Å². The normalized spacial score (nSPS) is 23.5. The van der Waals surface area contributed by atoms with Gasteiger partial charge in [0.15, 0.2) is 5.82 Å². The molecule has 25 heavy (non-hydrogen) atoms. The van der Waals surface area contributed by atoms with Crippen LogP contribution in [0.2, 0.25) is 5.02 Å². The van der Waals surface area contributed by atoms with Crippen LogP contribution in [0.5, 0.6) is 0 Å². The van der Waals surface area contributed by atoms with E-state index in [1.54, 1.807) is 6.07 Å². The Kier molecular flexibility index (Phi) is 4.14. The quantitative estimate of drug-likeness (QED) is 0.904. The highest BCUT2D eigenvalue weighted by Crippen LogP contribution is 2.38. The first-order chi connectivity index (χ1) is 12.1. The van der Waals surface area contributed by atoms with E-state index >= 15 is 0 Å². The number of hydrogen-bond donors (Lipinski definition) is 1. The molecule has 1 aliphatic carbocycles. The minimum absolute atomic E-state index is 0.325. The Labute approximate surface area is 151 Å².